The largest absolute Gasteiger partial charge is 0.271 e. The van der Waals surface area contributed by atoms with E-state index in [1.165, 1.54) is 12.1 Å². The number of aromatic nitrogens is 2. The maximum atomic E-state index is 13.3. The molecule has 1 unspecified atom stereocenters. The fraction of sp³-hybridized carbons (Fsp3) is 0.400. The SMILES string of the molecule is CCc1cc(C(Cc2cc(F)cc(F)c2)NN)n(CC)n1. The summed E-state index contributed by atoms with van der Waals surface area (Å²) in [5.41, 5.74) is 5.15. The summed E-state index contributed by atoms with van der Waals surface area (Å²) in [5, 5.41) is 4.47. The van der Waals surface area contributed by atoms with Gasteiger partial charge in [-0.1, -0.05) is 6.92 Å². The smallest absolute Gasteiger partial charge is 0.126 e. The van der Waals surface area contributed by atoms with Gasteiger partial charge in [-0.05, 0) is 43.5 Å². The number of nitrogens with two attached hydrogens (primary N) is 1. The summed E-state index contributed by atoms with van der Waals surface area (Å²) in [6, 6.07) is 5.23. The van der Waals surface area contributed by atoms with Crippen LogP contribution in [0.1, 0.15) is 36.8 Å². The Morgan fingerprint density at radius 2 is 1.86 bits per heavy atom. The zero-order valence-electron chi connectivity index (χ0n) is 12.2. The Morgan fingerprint density at radius 1 is 1.19 bits per heavy atom. The van der Waals surface area contributed by atoms with Gasteiger partial charge in [-0.25, -0.2) is 8.78 Å². The third kappa shape index (κ3) is 3.65. The van der Waals surface area contributed by atoms with E-state index in [-0.39, 0.29) is 6.04 Å². The Kier molecular flexibility index (Phi) is 5.03. The highest BCUT2D eigenvalue weighted by Gasteiger charge is 2.17. The summed E-state index contributed by atoms with van der Waals surface area (Å²) >= 11 is 0. The van der Waals surface area contributed by atoms with Gasteiger partial charge in [0.2, 0.25) is 0 Å². The molecule has 0 spiro atoms. The van der Waals surface area contributed by atoms with Crippen molar-refractivity contribution in [1.29, 1.82) is 0 Å². The summed E-state index contributed by atoms with van der Waals surface area (Å²) in [4.78, 5) is 0. The zero-order chi connectivity index (χ0) is 15.4. The molecule has 0 saturated carbocycles. The summed E-state index contributed by atoms with van der Waals surface area (Å²) < 4.78 is 28.4. The number of nitrogens with zero attached hydrogens (tertiary/aromatic N) is 2. The molecule has 1 heterocycles. The lowest BCUT2D eigenvalue weighted by atomic mass is 10.0. The topological polar surface area (TPSA) is 55.9 Å². The van der Waals surface area contributed by atoms with E-state index in [0.29, 0.717) is 18.5 Å². The van der Waals surface area contributed by atoms with Crippen molar-refractivity contribution in [2.45, 2.75) is 39.3 Å². The molecular weight excluding hydrogens is 274 g/mol. The molecule has 0 radical (unpaired) electrons. The summed E-state index contributed by atoms with van der Waals surface area (Å²) in [6.45, 7) is 4.73. The molecular formula is C15H20F2N4. The van der Waals surface area contributed by atoms with Crippen molar-refractivity contribution in [3.05, 3.63) is 52.9 Å². The highest BCUT2D eigenvalue weighted by atomic mass is 19.1. The number of halogens is 2. The Labute approximate surface area is 122 Å². The van der Waals surface area contributed by atoms with Gasteiger partial charge in [-0.3, -0.25) is 16.0 Å². The molecule has 2 rings (SSSR count). The van der Waals surface area contributed by atoms with Gasteiger partial charge in [0.05, 0.1) is 17.4 Å². The summed E-state index contributed by atoms with van der Waals surface area (Å²) in [5.74, 6) is 4.46. The lowest BCUT2D eigenvalue weighted by Gasteiger charge is -2.17. The normalized spacial score (nSPS) is 12.6. The minimum absolute atomic E-state index is 0.251. The third-order valence-corrected chi connectivity index (χ3v) is 3.44. The highest BCUT2D eigenvalue weighted by Crippen LogP contribution is 2.20. The number of rotatable bonds is 6. The van der Waals surface area contributed by atoms with Gasteiger partial charge in [0.1, 0.15) is 11.6 Å². The van der Waals surface area contributed by atoms with E-state index in [1.807, 2.05) is 24.6 Å². The quantitative estimate of drug-likeness (QED) is 0.636. The number of hydrogen-bond acceptors (Lipinski definition) is 3. The van der Waals surface area contributed by atoms with Gasteiger partial charge in [0.15, 0.2) is 0 Å². The van der Waals surface area contributed by atoms with Crippen LogP contribution in [0.15, 0.2) is 24.3 Å². The van der Waals surface area contributed by atoms with Crippen LogP contribution < -0.4 is 11.3 Å². The van der Waals surface area contributed by atoms with Gasteiger partial charge < -0.3 is 0 Å². The van der Waals surface area contributed by atoms with E-state index in [2.05, 4.69) is 10.5 Å². The second kappa shape index (κ2) is 6.78. The maximum absolute atomic E-state index is 13.3. The van der Waals surface area contributed by atoms with E-state index in [0.717, 1.165) is 23.9 Å². The molecule has 21 heavy (non-hydrogen) atoms. The molecule has 1 aromatic heterocycles. The van der Waals surface area contributed by atoms with Crippen LogP contribution in [0.2, 0.25) is 0 Å². The number of aryl methyl sites for hydroxylation is 2. The van der Waals surface area contributed by atoms with Crippen molar-refractivity contribution in [3.8, 4) is 0 Å². The van der Waals surface area contributed by atoms with Crippen molar-refractivity contribution >= 4 is 0 Å². The molecule has 1 aromatic carbocycles. The zero-order valence-corrected chi connectivity index (χ0v) is 12.2. The van der Waals surface area contributed by atoms with E-state index in [9.17, 15) is 8.78 Å². The first kappa shape index (κ1) is 15.6. The average molecular weight is 294 g/mol. The predicted octanol–water partition coefficient (Wildman–Crippen LogP) is 2.49. The first-order valence-corrected chi connectivity index (χ1v) is 7.05. The number of hydrogen-bond donors (Lipinski definition) is 2. The Balaban J connectivity index is 2.29. The minimum Gasteiger partial charge on any atom is -0.271 e. The molecule has 4 nitrogen and oxygen atoms in total. The van der Waals surface area contributed by atoms with E-state index >= 15 is 0 Å². The van der Waals surface area contributed by atoms with Crippen LogP contribution in [0.4, 0.5) is 8.78 Å². The lowest BCUT2D eigenvalue weighted by molar-refractivity contribution is 0.486. The van der Waals surface area contributed by atoms with Crippen molar-refractivity contribution in [3.63, 3.8) is 0 Å². The summed E-state index contributed by atoms with van der Waals surface area (Å²) in [6.07, 6.45) is 1.21. The number of hydrazine groups is 1. The van der Waals surface area contributed by atoms with Crippen LogP contribution in [0.3, 0.4) is 0 Å². The lowest BCUT2D eigenvalue weighted by Crippen LogP contribution is -2.31. The molecule has 1 atom stereocenters. The van der Waals surface area contributed by atoms with Gasteiger partial charge in [-0.2, -0.15) is 5.10 Å². The number of benzene rings is 1. The van der Waals surface area contributed by atoms with Crippen molar-refractivity contribution in [1.82, 2.24) is 15.2 Å². The predicted molar refractivity (Wildman–Crippen MR) is 77.4 cm³/mol. The second-order valence-electron chi connectivity index (χ2n) is 4.93. The first-order valence-electron chi connectivity index (χ1n) is 7.05. The maximum Gasteiger partial charge on any atom is 0.126 e. The van der Waals surface area contributed by atoms with Crippen molar-refractivity contribution in [2.24, 2.45) is 5.84 Å². The van der Waals surface area contributed by atoms with Crippen molar-refractivity contribution in [2.75, 3.05) is 0 Å². The minimum atomic E-state index is -0.584. The third-order valence-electron chi connectivity index (χ3n) is 3.44. The van der Waals surface area contributed by atoms with Gasteiger partial charge in [-0.15, -0.1) is 0 Å². The highest BCUT2D eigenvalue weighted by molar-refractivity contribution is 5.22. The number of nitrogens with one attached hydrogen (secondary N) is 1. The fourth-order valence-corrected chi connectivity index (χ4v) is 2.41. The van der Waals surface area contributed by atoms with Crippen LogP contribution >= 0.6 is 0 Å². The molecule has 0 aliphatic carbocycles. The van der Waals surface area contributed by atoms with E-state index < -0.39 is 11.6 Å². The van der Waals surface area contributed by atoms with Gasteiger partial charge >= 0.3 is 0 Å². The Morgan fingerprint density at radius 3 is 2.38 bits per heavy atom. The van der Waals surface area contributed by atoms with Crippen molar-refractivity contribution < 1.29 is 8.78 Å². The van der Waals surface area contributed by atoms with Gasteiger partial charge in [0.25, 0.3) is 0 Å². The summed E-state index contributed by atoms with van der Waals surface area (Å²) in [7, 11) is 0. The molecule has 0 aliphatic heterocycles. The van der Waals surface area contributed by atoms with Crippen LogP contribution in [0, 0.1) is 11.6 Å². The van der Waals surface area contributed by atoms with Crippen LogP contribution in [-0.2, 0) is 19.4 Å². The molecule has 0 amide bonds. The molecule has 114 valence electrons. The monoisotopic (exact) mass is 294 g/mol. The molecule has 3 N–H and O–H groups in total. The van der Waals surface area contributed by atoms with Crippen LogP contribution in [-0.4, -0.2) is 9.78 Å². The van der Waals surface area contributed by atoms with Crippen LogP contribution in [0.5, 0.6) is 0 Å². The van der Waals surface area contributed by atoms with Crippen LogP contribution in [0.25, 0.3) is 0 Å². The molecule has 6 heteroatoms. The second-order valence-corrected chi connectivity index (χ2v) is 4.93. The molecule has 2 aromatic rings. The Hall–Kier alpha value is -1.79. The Bertz CT molecular complexity index is 589. The van der Waals surface area contributed by atoms with E-state index in [4.69, 9.17) is 5.84 Å². The molecule has 0 fully saturated rings. The van der Waals surface area contributed by atoms with Gasteiger partial charge in [0, 0.05) is 12.6 Å². The average Bonchev–Trinajstić information content (AvgIpc) is 2.87. The first-order chi connectivity index (χ1) is 10.1. The molecule has 0 saturated heterocycles. The fourth-order valence-electron chi connectivity index (χ4n) is 2.41. The molecule has 0 bridgehead atoms. The standard InChI is InChI=1S/C15H20F2N4/c1-3-13-9-15(21(4-2)20-13)14(19-18)7-10-5-11(16)8-12(17)6-10/h5-6,8-9,14,19H,3-4,7,18H2,1-2H3. The molecule has 0 aliphatic rings. The van der Waals surface area contributed by atoms with E-state index in [1.54, 1.807) is 0 Å².